The zero-order chi connectivity index (χ0) is 31.3. The van der Waals surface area contributed by atoms with Crippen molar-refractivity contribution in [1.29, 1.82) is 0 Å². The highest BCUT2D eigenvalue weighted by atomic mass is 32.2. The fourth-order valence-corrected chi connectivity index (χ4v) is 5.93. The topological polar surface area (TPSA) is 114 Å². The SMILES string of the molecule is C[C@H]1OC(c2ccc(OCCCO)cc2)=N[C@@]1(CCS(=O)(=O)c1ccccc1)C(=O)NCc1cc(F)cc(C(F)(F)F)c1. The Bertz CT molecular complexity index is 1560. The lowest BCUT2D eigenvalue weighted by Crippen LogP contribution is -2.51. The minimum atomic E-state index is -4.79. The van der Waals surface area contributed by atoms with Crippen molar-refractivity contribution in [3.05, 3.63) is 95.3 Å². The van der Waals surface area contributed by atoms with Crippen LogP contribution in [0, 0.1) is 5.82 Å². The van der Waals surface area contributed by atoms with Crippen molar-refractivity contribution >= 4 is 21.6 Å². The molecule has 2 N–H and O–H groups in total. The van der Waals surface area contributed by atoms with Crippen molar-refractivity contribution in [1.82, 2.24) is 5.32 Å². The highest BCUT2D eigenvalue weighted by Gasteiger charge is 2.50. The van der Waals surface area contributed by atoms with Crippen LogP contribution in [-0.4, -0.2) is 55.9 Å². The van der Waals surface area contributed by atoms with Gasteiger partial charge in [-0.15, -0.1) is 0 Å². The van der Waals surface area contributed by atoms with Gasteiger partial charge in [-0.05, 0) is 73.5 Å². The lowest BCUT2D eigenvalue weighted by atomic mass is 9.90. The molecule has 0 saturated heterocycles. The summed E-state index contributed by atoms with van der Waals surface area (Å²) in [6.45, 7) is 1.36. The van der Waals surface area contributed by atoms with Gasteiger partial charge >= 0.3 is 6.18 Å². The van der Waals surface area contributed by atoms with E-state index in [4.69, 9.17) is 14.6 Å². The summed E-state index contributed by atoms with van der Waals surface area (Å²) in [7, 11) is -3.85. The number of aliphatic imine (C=N–C) groups is 1. The second-order valence-corrected chi connectivity index (χ2v) is 12.1. The molecule has 13 heteroatoms. The van der Waals surface area contributed by atoms with E-state index in [0.29, 0.717) is 30.4 Å². The molecule has 4 rings (SSSR count). The summed E-state index contributed by atoms with van der Waals surface area (Å²) in [6, 6.07) is 16.2. The number of carbonyl (C=O) groups is 1. The molecular formula is C30H30F4N2O6S. The molecule has 3 aromatic rings. The second-order valence-electron chi connectivity index (χ2n) is 9.96. The van der Waals surface area contributed by atoms with Gasteiger partial charge in [-0.2, -0.15) is 13.2 Å². The van der Waals surface area contributed by atoms with Crippen LogP contribution in [0.25, 0.3) is 0 Å². The lowest BCUT2D eigenvalue weighted by Gasteiger charge is -2.28. The van der Waals surface area contributed by atoms with Gasteiger partial charge in [0.25, 0.3) is 5.91 Å². The van der Waals surface area contributed by atoms with Crippen molar-refractivity contribution in [2.45, 2.75) is 49.0 Å². The predicted molar refractivity (Wildman–Crippen MR) is 150 cm³/mol. The molecule has 0 aliphatic carbocycles. The first-order chi connectivity index (χ1) is 20.3. The van der Waals surface area contributed by atoms with Crippen molar-refractivity contribution in [3.63, 3.8) is 0 Å². The summed E-state index contributed by atoms with van der Waals surface area (Å²) < 4.78 is 91.2. The molecule has 0 aromatic heterocycles. The Balaban J connectivity index is 1.62. The van der Waals surface area contributed by atoms with E-state index in [0.717, 1.165) is 12.1 Å². The molecular weight excluding hydrogens is 592 g/mol. The number of benzene rings is 3. The molecule has 1 amide bonds. The maximum atomic E-state index is 13.9. The Labute approximate surface area is 246 Å². The summed E-state index contributed by atoms with van der Waals surface area (Å²) >= 11 is 0. The van der Waals surface area contributed by atoms with E-state index in [1.807, 2.05) is 0 Å². The van der Waals surface area contributed by atoms with E-state index in [9.17, 15) is 30.8 Å². The molecule has 1 heterocycles. The number of hydrogen-bond donors (Lipinski definition) is 2. The molecule has 1 aliphatic rings. The van der Waals surface area contributed by atoms with Crippen LogP contribution in [0.1, 0.15) is 36.5 Å². The number of nitrogens with one attached hydrogen (secondary N) is 1. The van der Waals surface area contributed by atoms with Crippen LogP contribution in [0.2, 0.25) is 0 Å². The molecule has 0 bridgehead atoms. The van der Waals surface area contributed by atoms with Gasteiger partial charge in [0.2, 0.25) is 5.90 Å². The third kappa shape index (κ3) is 7.71. The fraction of sp³-hybridized carbons (Fsp3) is 0.333. The maximum absolute atomic E-state index is 13.9. The molecule has 2 atom stereocenters. The number of nitrogens with zero attached hydrogens (tertiary/aromatic N) is 1. The standard InChI is InChI=1S/C30H30F4N2O6S/c1-20-29(12-15-43(39,40)26-6-3-2-4-7-26,28(38)35-19-21-16-23(30(32,33)34)18-24(31)17-21)36-27(42-20)22-8-10-25(11-9-22)41-14-5-13-37/h2-4,6-11,16-18,20,37H,5,12-15,19H2,1H3,(H,35,38)/t20-,29-/m1/s1. The van der Waals surface area contributed by atoms with Crippen LogP contribution < -0.4 is 10.1 Å². The highest BCUT2D eigenvalue weighted by Crippen LogP contribution is 2.34. The summed E-state index contributed by atoms with van der Waals surface area (Å²) in [6.07, 6.45) is -5.61. The zero-order valence-corrected chi connectivity index (χ0v) is 23.9. The Hall–Kier alpha value is -3.97. The largest absolute Gasteiger partial charge is 0.494 e. The highest BCUT2D eigenvalue weighted by molar-refractivity contribution is 7.91. The number of ether oxygens (including phenoxy) is 2. The molecule has 0 radical (unpaired) electrons. The first kappa shape index (κ1) is 32.0. The fourth-order valence-electron chi connectivity index (χ4n) is 4.54. The molecule has 0 unspecified atom stereocenters. The van der Waals surface area contributed by atoms with Gasteiger partial charge in [-0.3, -0.25) is 4.79 Å². The number of rotatable bonds is 12. The van der Waals surface area contributed by atoms with Gasteiger partial charge in [0, 0.05) is 25.1 Å². The average molecular weight is 623 g/mol. The van der Waals surface area contributed by atoms with Gasteiger partial charge < -0.3 is 19.9 Å². The maximum Gasteiger partial charge on any atom is 0.416 e. The lowest BCUT2D eigenvalue weighted by molar-refractivity contribution is -0.137. The normalized spacial score (nSPS) is 18.6. The number of halogens is 4. The first-order valence-electron chi connectivity index (χ1n) is 13.4. The summed E-state index contributed by atoms with van der Waals surface area (Å²) in [4.78, 5) is 18.3. The van der Waals surface area contributed by atoms with E-state index in [2.05, 4.69) is 10.3 Å². The second kappa shape index (κ2) is 13.1. The van der Waals surface area contributed by atoms with Gasteiger partial charge in [-0.25, -0.2) is 17.8 Å². The average Bonchev–Trinajstić information content (AvgIpc) is 3.32. The Morgan fingerprint density at radius 3 is 2.44 bits per heavy atom. The van der Waals surface area contributed by atoms with Crippen LogP contribution >= 0.6 is 0 Å². The molecule has 230 valence electrons. The van der Waals surface area contributed by atoms with E-state index in [1.165, 1.54) is 12.1 Å². The number of aliphatic hydroxyl groups is 1. The van der Waals surface area contributed by atoms with E-state index in [1.54, 1.807) is 49.4 Å². The van der Waals surface area contributed by atoms with Gasteiger partial charge in [0.15, 0.2) is 15.4 Å². The van der Waals surface area contributed by atoms with Crippen molar-refractivity contribution < 1.29 is 45.4 Å². The minimum Gasteiger partial charge on any atom is -0.494 e. The third-order valence-corrected chi connectivity index (χ3v) is 8.65. The summed E-state index contributed by atoms with van der Waals surface area (Å²) in [5.74, 6) is -1.81. The quantitative estimate of drug-likeness (QED) is 0.224. The smallest absolute Gasteiger partial charge is 0.416 e. The van der Waals surface area contributed by atoms with Gasteiger partial charge in [0.1, 0.15) is 17.7 Å². The van der Waals surface area contributed by atoms with E-state index < -0.39 is 57.2 Å². The molecule has 8 nitrogen and oxygen atoms in total. The summed E-state index contributed by atoms with van der Waals surface area (Å²) in [5.41, 5.74) is -2.64. The summed E-state index contributed by atoms with van der Waals surface area (Å²) in [5, 5.41) is 11.4. The molecule has 0 spiro atoms. The number of carbonyl (C=O) groups excluding carboxylic acids is 1. The van der Waals surface area contributed by atoms with E-state index >= 15 is 0 Å². The van der Waals surface area contributed by atoms with Crippen LogP contribution in [0.4, 0.5) is 17.6 Å². The first-order valence-corrected chi connectivity index (χ1v) is 15.0. The van der Waals surface area contributed by atoms with Crippen LogP contribution in [0.5, 0.6) is 5.75 Å². The van der Waals surface area contributed by atoms with Crippen LogP contribution in [-0.2, 0) is 32.1 Å². The Morgan fingerprint density at radius 1 is 1.09 bits per heavy atom. The predicted octanol–water partition coefficient (Wildman–Crippen LogP) is 4.69. The Morgan fingerprint density at radius 2 is 1.79 bits per heavy atom. The molecule has 3 aromatic carbocycles. The van der Waals surface area contributed by atoms with Crippen LogP contribution in [0.15, 0.2) is 82.7 Å². The number of alkyl halides is 3. The molecule has 1 aliphatic heterocycles. The third-order valence-electron chi connectivity index (χ3n) is 6.92. The zero-order valence-electron chi connectivity index (χ0n) is 23.1. The number of amides is 1. The van der Waals surface area contributed by atoms with Gasteiger partial charge in [-0.1, -0.05) is 18.2 Å². The Kier molecular flexibility index (Phi) is 9.75. The monoisotopic (exact) mass is 622 g/mol. The van der Waals surface area contributed by atoms with Gasteiger partial charge in [0.05, 0.1) is 22.8 Å². The van der Waals surface area contributed by atoms with E-state index in [-0.39, 0.29) is 29.4 Å². The number of aliphatic hydroxyl groups excluding tert-OH is 1. The van der Waals surface area contributed by atoms with Crippen LogP contribution in [0.3, 0.4) is 0 Å². The number of sulfone groups is 1. The minimum absolute atomic E-state index is 0.0204. The number of hydrogen-bond acceptors (Lipinski definition) is 7. The van der Waals surface area contributed by atoms with Crippen molar-refractivity contribution in [3.8, 4) is 5.75 Å². The molecule has 43 heavy (non-hydrogen) atoms. The molecule has 0 saturated carbocycles. The van der Waals surface area contributed by atoms with Crippen molar-refractivity contribution in [2.75, 3.05) is 19.0 Å². The van der Waals surface area contributed by atoms with Crippen molar-refractivity contribution in [2.24, 2.45) is 4.99 Å². The molecule has 0 fully saturated rings.